The second kappa shape index (κ2) is 6.72. The molecule has 0 unspecified atom stereocenters. The smallest absolute Gasteiger partial charge is 0.355 e. The van der Waals surface area contributed by atoms with Gasteiger partial charge < -0.3 is 10.4 Å². The highest BCUT2D eigenvalue weighted by molar-refractivity contribution is 7.22. The van der Waals surface area contributed by atoms with Gasteiger partial charge in [-0.1, -0.05) is 17.4 Å². The Kier molecular flexibility index (Phi) is 4.49. The predicted molar refractivity (Wildman–Crippen MR) is 92.7 cm³/mol. The molecule has 122 valence electrons. The van der Waals surface area contributed by atoms with Gasteiger partial charge in [-0.3, -0.25) is 5.32 Å². The molecule has 10 heteroatoms. The van der Waals surface area contributed by atoms with E-state index in [4.69, 9.17) is 5.11 Å². The molecule has 0 bridgehead atoms. The Hall–Kier alpha value is -2.85. The first-order chi connectivity index (χ1) is 11.6. The molecule has 3 N–H and O–H groups in total. The van der Waals surface area contributed by atoms with Gasteiger partial charge >= 0.3 is 12.0 Å². The van der Waals surface area contributed by atoms with Crippen molar-refractivity contribution in [1.29, 1.82) is 0 Å². The summed E-state index contributed by atoms with van der Waals surface area (Å²) in [6.45, 7) is 3.87. The fourth-order valence-electron chi connectivity index (χ4n) is 1.80. The lowest BCUT2D eigenvalue weighted by atomic mass is 10.3. The number of carbonyl (C=O) groups is 2. The number of urea groups is 1. The summed E-state index contributed by atoms with van der Waals surface area (Å²) in [6.07, 6.45) is 3.18. The monoisotopic (exact) mass is 361 g/mol. The van der Waals surface area contributed by atoms with Crippen molar-refractivity contribution in [2.75, 3.05) is 11.9 Å². The van der Waals surface area contributed by atoms with Crippen LogP contribution in [0, 0.1) is 0 Å². The molecule has 3 aromatic rings. The number of aromatic nitrogens is 3. The van der Waals surface area contributed by atoms with Crippen molar-refractivity contribution in [2.45, 2.75) is 0 Å². The Morgan fingerprint density at radius 3 is 2.92 bits per heavy atom. The number of amides is 2. The highest BCUT2D eigenvalue weighted by Crippen LogP contribution is 2.29. The molecule has 3 aromatic heterocycles. The molecule has 3 rings (SSSR count). The van der Waals surface area contributed by atoms with Crippen molar-refractivity contribution >= 4 is 50.2 Å². The van der Waals surface area contributed by atoms with Crippen molar-refractivity contribution in [3.63, 3.8) is 0 Å². The molecule has 8 nitrogen and oxygen atoms in total. The van der Waals surface area contributed by atoms with Crippen LogP contribution in [0.25, 0.3) is 20.9 Å². The summed E-state index contributed by atoms with van der Waals surface area (Å²) >= 11 is 2.46. The third kappa shape index (κ3) is 3.39. The van der Waals surface area contributed by atoms with E-state index in [1.54, 1.807) is 18.3 Å². The number of nitrogens with zero attached hydrogens (tertiary/aromatic N) is 3. The van der Waals surface area contributed by atoms with Crippen LogP contribution in [-0.2, 0) is 0 Å². The topological polar surface area (TPSA) is 117 Å². The van der Waals surface area contributed by atoms with Crippen molar-refractivity contribution in [3.05, 3.63) is 36.0 Å². The molecule has 0 saturated heterocycles. The normalized spacial score (nSPS) is 10.5. The quantitative estimate of drug-likeness (QED) is 0.602. The van der Waals surface area contributed by atoms with Crippen LogP contribution in [0.1, 0.15) is 10.5 Å². The van der Waals surface area contributed by atoms with E-state index in [0.717, 1.165) is 0 Å². The number of carboxylic acid groups (broad SMARTS) is 1. The molecule has 0 aliphatic carbocycles. The number of aromatic carboxylic acids is 1. The molecule has 0 radical (unpaired) electrons. The van der Waals surface area contributed by atoms with Gasteiger partial charge in [0.1, 0.15) is 15.4 Å². The Morgan fingerprint density at radius 2 is 2.21 bits per heavy atom. The van der Waals surface area contributed by atoms with Crippen LogP contribution in [0.3, 0.4) is 0 Å². The summed E-state index contributed by atoms with van der Waals surface area (Å²) < 4.78 is 0. The zero-order valence-electron chi connectivity index (χ0n) is 12.1. The lowest BCUT2D eigenvalue weighted by molar-refractivity contribution is 0.0691. The summed E-state index contributed by atoms with van der Waals surface area (Å²) in [5.74, 6) is -1.07. The Bertz CT molecular complexity index is 934. The van der Waals surface area contributed by atoms with E-state index in [9.17, 15) is 9.59 Å². The number of anilines is 1. The molecule has 0 aliphatic rings. The highest BCUT2D eigenvalue weighted by atomic mass is 32.1. The number of carbonyl (C=O) groups excluding carboxylic acids is 1. The molecule has 0 saturated carbocycles. The largest absolute Gasteiger partial charge is 0.476 e. The maximum absolute atomic E-state index is 11.6. The summed E-state index contributed by atoms with van der Waals surface area (Å²) in [7, 11) is 0. The number of pyridine rings is 1. The minimum atomic E-state index is -1.07. The lowest BCUT2D eigenvalue weighted by Crippen LogP contribution is -2.28. The van der Waals surface area contributed by atoms with Gasteiger partial charge in [0.05, 0.1) is 0 Å². The van der Waals surface area contributed by atoms with Crippen LogP contribution < -0.4 is 10.6 Å². The van der Waals surface area contributed by atoms with E-state index in [-0.39, 0.29) is 11.7 Å². The molecule has 0 spiro atoms. The minimum absolute atomic E-state index is 0.00498. The van der Waals surface area contributed by atoms with Gasteiger partial charge in [0.25, 0.3) is 0 Å². The molecule has 2 amide bonds. The third-order valence-electron chi connectivity index (χ3n) is 2.85. The number of hydrogen-bond donors (Lipinski definition) is 3. The molecule has 0 fully saturated rings. The van der Waals surface area contributed by atoms with E-state index in [0.29, 0.717) is 32.6 Å². The lowest BCUT2D eigenvalue weighted by Gasteiger charge is -2.00. The molecule has 0 aromatic carbocycles. The summed E-state index contributed by atoms with van der Waals surface area (Å²) in [6, 6.07) is 1.39. The van der Waals surface area contributed by atoms with Gasteiger partial charge in [0.2, 0.25) is 0 Å². The van der Waals surface area contributed by atoms with Gasteiger partial charge in [-0.2, -0.15) is 0 Å². The van der Waals surface area contributed by atoms with E-state index in [2.05, 4.69) is 32.2 Å². The maximum atomic E-state index is 11.6. The first kappa shape index (κ1) is 16.0. The molecular formula is C14H11N5O3S2. The maximum Gasteiger partial charge on any atom is 0.355 e. The number of rotatable bonds is 5. The second-order valence-corrected chi connectivity index (χ2v) is 6.37. The molecule has 3 heterocycles. The first-order valence-electron chi connectivity index (χ1n) is 6.68. The highest BCUT2D eigenvalue weighted by Gasteiger charge is 2.13. The van der Waals surface area contributed by atoms with Crippen molar-refractivity contribution < 1.29 is 14.7 Å². The number of fused-ring (bicyclic) bond motifs is 1. The van der Waals surface area contributed by atoms with E-state index >= 15 is 0 Å². The minimum Gasteiger partial charge on any atom is -0.476 e. The van der Waals surface area contributed by atoms with Crippen LogP contribution >= 0.6 is 22.7 Å². The summed E-state index contributed by atoms with van der Waals surface area (Å²) in [5.41, 5.74) is 1.27. The third-order valence-corrected chi connectivity index (χ3v) is 4.63. The van der Waals surface area contributed by atoms with Crippen molar-refractivity contribution in [1.82, 2.24) is 20.3 Å². The standard InChI is InChI=1S/C14H11N5O3S2/c1-2-3-15-13(22)19-14-18-8-4-7(5-16-11(8)24-14)10-17-9(6-23-10)12(20)21/h2,4-6H,1,3H2,(H,20,21)(H2,15,18,19,22). The van der Waals surface area contributed by atoms with Gasteiger partial charge in [-0.05, 0) is 6.07 Å². The number of thiazole rings is 2. The average molecular weight is 361 g/mol. The Morgan fingerprint density at radius 1 is 1.38 bits per heavy atom. The van der Waals surface area contributed by atoms with Gasteiger partial charge in [-0.25, -0.2) is 24.5 Å². The van der Waals surface area contributed by atoms with Gasteiger partial charge in [0.15, 0.2) is 10.8 Å². The SMILES string of the molecule is C=CCNC(=O)Nc1nc2cc(-c3nc(C(=O)O)cs3)cnc2s1. The number of carboxylic acids is 1. The fraction of sp³-hybridized carbons (Fsp3) is 0.0714. The fourth-order valence-corrected chi connectivity index (χ4v) is 3.37. The molecular weight excluding hydrogens is 350 g/mol. The predicted octanol–water partition coefficient (Wildman–Crippen LogP) is 2.82. The summed E-state index contributed by atoms with van der Waals surface area (Å²) in [4.78, 5) is 35.8. The Labute approximate surface area is 143 Å². The number of hydrogen-bond acceptors (Lipinski definition) is 7. The Balaban J connectivity index is 1.84. The number of nitrogens with one attached hydrogen (secondary N) is 2. The van der Waals surface area contributed by atoms with Crippen LogP contribution in [0.5, 0.6) is 0 Å². The van der Waals surface area contributed by atoms with E-state index in [1.165, 1.54) is 28.1 Å². The molecule has 24 heavy (non-hydrogen) atoms. The van der Waals surface area contributed by atoms with Gasteiger partial charge in [-0.15, -0.1) is 17.9 Å². The second-order valence-electron chi connectivity index (χ2n) is 4.53. The van der Waals surface area contributed by atoms with E-state index in [1.807, 2.05) is 0 Å². The van der Waals surface area contributed by atoms with Crippen LogP contribution in [0.2, 0.25) is 0 Å². The first-order valence-corrected chi connectivity index (χ1v) is 8.38. The average Bonchev–Trinajstić information content (AvgIpc) is 3.18. The molecule has 0 atom stereocenters. The zero-order valence-corrected chi connectivity index (χ0v) is 13.8. The zero-order chi connectivity index (χ0) is 17.1. The van der Waals surface area contributed by atoms with Crippen LogP contribution in [-0.4, -0.2) is 38.6 Å². The summed E-state index contributed by atoms with van der Waals surface area (Å²) in [5, 5.41) is 16.6. The molecule has 0 aliphatic heterocycles. The van der Waals surface area contributed by atoms with Gasteiger partial charge in [0, 0.05) is 23.7 Å². The van der Waals surface area contributed by atoms with Crippen LogP contribution in [0.4, 0.5) is 9.93 Å². The van der Waals surface area contributed by atoms with E-state index < -0.39 is 5.97 Å². The van der Waals surface area contributed by atoms with Crippen molar-refractivity contribution in [2.24, 2.45) is 0 Å². The van der Waals surface area contributed by atoms with Crippen molar-refractivity contribution in [3.8, 4) is 10.6 Å². The van der Waals surface area contributed by atoms with Crippen LogP contribution in [0.15, 0.2) is 30.3 Å².